The molecular weight excluding hydrogens is 590 g/mol. The highest BCUT2D eigenvalue weighted by atomic mass is 31.2. The number of carboxylic acids is 4. The Morgan fingerprint density at radius 3 is 2.05 bits per heavy atom. The van der Waals surface area contributed by atoms with Gasteiger partial charge in [0.1, 0.15) is 12.1 Å². The van der Waals surface area contributed by atoms with Gasteiger partial charge in [0.2, 0.25) is 11.9 Å². The number of halogens is 1. The summed E-state index contributed by atoms with van der Waals surface area (Å²) in [7, 11) is -4.54. The van der Waals surface area contributed by atoms with Crippen LogP contribution < -0.4 is 15.7 Å². The van der Waals surface area contributed by atoms with Crippen LogP contribution in [0.1, 0.15) is 55.8 Å². The molecule has 0 aliphatic carbocycles. The molecule has 0 radical (unpaired) electrons. The molecule has 0 aromatic carbocycles. The summed E-state index contributed by atoms with van der Waals surface area (Å²) in [5.74, 6) is -8.84. The fourth-order valence-corrected chi connectivity index (χ4v) is 4.60. The second-order valence-corrected chi connectivity index (χ2v) is 10.4. The molecule has 0 fully saturated rings. The van der Waals surface area contributed by atoms with E-state index in [0.29, 0.717) is 12.8 Å². The molecular formula is C23H32FN4O13P. The molecule has 1 aromatic heterocycles. The van der Waals surface area contributed by atoms with Gasteiger partial charge < -0.3 is 31.1 Å². The molecule has 1 rings (SSSR count). The number of carbonyl (C=O) groups excluding carboxylic acids is 2. The number of hydrogen-bond donors (Lipinski definition) is 7. The first-order chi connectivity index (χ1) is 19.7. The van der Waals surface area contributed by atoms with Gasteiger partial charge in [-0.25, -0.2) is 24.2 Å². The van der Waals surface area contributed by atoms with Crippen LogP contribution in [0, 0.1) is 5.95 Å². The van der Waals surface area contributed by atoms with Gasteiger partial charge in [-0.1, -0.05) is 13.3 Å². The number of aromatic nitrogens is 1. The van der Waals surface area contributed by atoms with E-state index in [9.17, 15) is 53.0 Å². The number of carboxylic acid groups (broad SMARTS) is 4. The molecule has 17 nitrogen and oxygen atoms in total. The zero-order valence-electron chi connectivity index (χ0n) is 22.4. The lowest BCUT2D eigenvalue weighted by Gasteiger charge is -2.24. The molecule has 234 valence electrons. The summed E-state index contributed by atoms with van der Waals surface area (Å²) >= 11 is 0. The van der Waals surface area contributed by atoms with Crippen molar-refractivity contribution in [1.29, 1.82) is 0 Å². The quantitative estimate of drug-likeness (QED) is 0.0562. The van der Waals surface area contributed by atoms with E-state index in [4.69, 9.17) is 14.2 Å². The Morgan fingerprint density at radius 2 is 1.52 bits per heavy atom. The van der Waals surface area contributed by atoms with Crippen LogP contribution in [0.3, 0.4) is 0 Å². The fourth-order valence-electron chi connectivity index (χ4n) is 3.04. The maximum atomic E-state index is 13.2. The van der Waals surface area contributed by atoms with E-state index in [2.05, 4.69) is 15.4 Å². The van der Waals surface area contributed by atoms with Crippen molar-refractivity contribution in [3.05, 3.63) is 29.8 Å². The monoisotopic (exact) mass is 622 g/mol. The van der Waals surface area contributed by atoms with Gasteiger partial charge in [0.15, 0.2) is 6.04 Å². The molecule has 0 saturated carbocycles. The molecule has 4 atom stereocenters. The number of hydrogen-bond acceptors (Lipinski definition) is 10. The standard InChI is InChI=1S/C23H32FN4O13P/c1-2-3-10-40-42(39,28-15(22(35)36)6-9-19(30)31)41-12-16(23(37)38)26-18(29)8-5-14(21(33)34)27-20(32)13-4-7-17(24)25-11-13/h4,7,11,14-16H,2-3,5-6,8-10,12H2,1H3,(H,26,29)(H,27,32)(H,28,39)(H,30,31)(H,33,34)(H,35,36)(H,37,38). The topological polar surface area (TPSA) is 268 Å². The number of unbranched alkanes of at least 4 members (excludes halogenated alkanes) is 1. The average Bonchev–Trinajstić information content (AvgIpc) is 2.91. The van der Waals surface area contributed by atoms with E-state index >= 15 is 0 Å². The van der Waals surface area contributed by atoms with Crippen molar-refractivity contribution in [3.63, 3.8) is 0 Å². The summed E-state index contributed by atoms with van der Waals surface area (Å²) in [6.45, 7) is 0.595. The van der Waals surface area contributed by atoms with Crippen molar-refractivity contribution in [1.82, 2.24) is 20.7 Å². The van der Waals surface area contributed by atoms with Gasteiger partial charge >= 0.3 is 31.6 Å². The van der Waals surface area contributed by atoms with Gasteiger partial charge in [-0.3, -0.25) is 28.2 Å². The Labute approximate surface area is 238 Å². The minimum Gasteiger partial charge on any atom is -0.481 e. The maximum Gasteiger partial charge on any atom is 0.406 e. The molecule has 0 bridgehead atoms. The van der Waals surface area contributed by atoms with Gasteiger partial charge in [-0.05, 0) is 31.4 Å². The predicted molar refractivity (Wildman–Crippen MR) is 138 cm³/mol. The van der Waals surface area contributed by atoms with Crippen molar-refractivity contribution >= 4 is 43.4 Å². The second kappa shape index (κ2) is 17.7. The van der Waals surface area contributed by atoms with Gasteiger partial charge in [-0.15, -0.1) is 0 Å². The molecule has 1 heterocycles. The summed E-state index contributed by atoms with van der Waals surface area (Å²) in [5, 5.41) is 43.3. The van der Waals surface area contributed by atoms with Crippen LogP contribution in [0.25, 0.3) is 0 Å². The third-order valence-electron chi connectivity index (χ3n) is 5.32. The van der Waals surface area contributed by atoms with E-state index in [-0.39, 0.29) is 12.2 Å². The first-order valence-electron chi connectivity index (χ1n) is 12.5. The Balaban J connectivity index is 2.85. The number of pyridine rings is 1. The number of nitrogens with one attached hydrogen (secondary N) is 3. The molecule has 7 N–H and O–H groups in total. The summed E-state index contributed by atoms with van der Waals surface area (Å²) in [6.07, 6.45) is -0.384. The van der Waals surface area contributed by atoms with E-state index in [1.807, 2.05) is 5.32 Å². The average molecular weight is 622 g/mol. The molecule has 0 aliphatic heterocycles. The van der Waals surface area contributed by atoms with Crippen molar-refractivity contribution in [2.45, 2.75) is 63.6 Å². The van der Waals surface area contributed by atoms with Crippen LogP contribution in [-0.2, 0) is 37.6 Å². The van der Waals surface area contributed by atoms with Crippen molar-refractivity contribution in [2.75, 3.05) is 13.2 Å². The largest absolute Gasteiger partial charge is 0.481 e. The molecule has 1 aromatic rings. The molecule has 4 unspecified atom stereocenters. The maximum absolute atomic E-state index is 13.2. The molecule has 0 aliphatic rings. The van der Waals surface area contributed by atoms with Crippen molar-refractivity contribution < 1.29 is 67.2 Å². The SMILES string of the molecule is CCCCOP(=O)(NC(CCC(=O)O)C(=O)O)OCC(NC(=O)CCC(NC(=O)c1ccc(F)nc1)C(=O)O)C(=O)O. The Hall–Kier alpha value is -3.99. The molecule has 2 amide bonds. The smallest absolute Gasteiger partial charge is 0.406 e. The summed E-state index contributed by atoms with van der Waals surface area (Å²) in [4.78, 5) is 73.5. The van der Waals surface area contributed by atoms with Gasteiger partial charge in [-0.2, -0.15) is 4.39 Å². The first kappa shape index (κ1) is 36.0. The van der Waals surface area contributed by atoms with Crippen LogP contribution in [0.5, 0.6) is 0 Å². The van der Waals surface area contributed by atoms with Gasteiger partial charge in [0, 0.05) is 19.0 Å². The van der Waals surface area contributed by atoms with Crippen LogP contribution in [-0.4, -0.2) is 92.4 Å². The molecule has 0 saturated heterocycles. The molecule has 42 heavy (non-hydrogen) atoms. The number of carbonyl (C=O) groups is 6. The van der Waals surface area contributed by atoms with Crippen molar-refractivity contribution in [2.24, 2.45) is 0 Å². The summed E-state index contributed by atoms with van der Waals surface area (Å²) in [5.41, 5.74) is -0.150. The summed E-state index contributed by atoms with van der Waals surface area (Å²) in [6, 6.07) is -3.20. The minimum atomic E-state index is -4.54. The zero-order chi connectivity index (χ0) is 31.9. The highest BCUT2D eigenvalue weighted by Crippen LogP contribution is 2.45. The normalized spacial score (nSPS) is 14.5. The number of aliphatic carboxylic acids is 4. The lowest BCUT2D eigenvalue weighted by atomic mass is 10.1. The van der Waals surface area contributed by atoms with Crippen LogP contribution in [0.2, 0.25) is 0 Å². The van der Waals surface area contributed by atoms with Crippen LogP contribution in [0.4, 0.5) is 4.39 Å². The van der Waals surface area contributed by atoms with E-state index < -0.39 is 99.8 Å². The number of nitrogens with zero attached hydrogens (tertiary/aromatic N) is 1. The zero-order valence-corrected chi connectivity index (χ0v) is 23.3. The third-order valence-corrected chi connectivity index (χ3v) is 6.95. The Morgan fingerprint density at radius 1 is 0.905 bits per heavy atom. The van der Waals surface area contributed by atoms with E-state index in [1.54, 1.807) is 6.92 Å². The highest BCUT2D eigenvalue weighted by Gasteiger charge is 2.34. The van der Waals surface area contributed by atoms with Crippen LogP contribution >= 0.6 is 7.75 Å². The molecule has 0 spiro atoms. The lowest BCUT2D eigenvalue weighted by molar-refractivity contribution is -0.143. The minimum absolute atomic E-state index is 0.150. The van der Waals surface area contributed by atoms with Crippen molar-refractivity contribution in [3.8, 4) is 0 Å². The van der Waals surface area contributed by atoms with Gasteiger partial charge in [0.25, 0.3) is 5.91 Å². The van der Waals surface area contributed by atoms with Gasteiger partial charge in [0.05, 0.1) is 18.8 Å². The number of amides is 2. The molecule has 19 heteroatoms. The fraction of sp³-hybridized carbons (Fsp3) is 0.522. The lowest BCUT2D eigenvalue weighted by Crippen LogP contribution is -2.46. The Kier molecular flexibility index (Phi) is 15.2. The first-order valence-corrected chi connectivity index (χ1v) is 14.0. The van der Waals surface area contributed by atoms with E-state index in [0.717, 1.165) is 18.3 Å². The third kappa shape index (κ3) is 13.6. The second-order valence-electron chi connectivity index (χ2n) is 8.66. The highest BCUT2D eigenvalue weighted by molar-refractivity contribution is 7.51. The predicted octanol–water partition coefficient (Wildman–Crippen LogP) is 0.602. The van der Waals surface area contributed by atoms with E-state index in [1.165, 1.54) is 0 Å². The number of rotatable bonds is 21. The summed E-state index contributed by atoms with van der Waals surface area (Å²) < 4.78 is 36.4. The van der Waals surface area contributed by atoms with Crippen LogP contribution in [0.15, 0.2) is 18.3 Å². The Bertz CT molecular complexity index is 1170.